The van der Waals surface area contributed by atoms with E-state index in [9.17, 15) is 4.79 Å². The molecule has 2 aliphatic heterocycles. The number of carbonyl (C=O) groups is 1. The van der Waals surface area contributed by atoms with Crippen molar-refractivity contribution in [2.24, 2.45) is 0 Å². The zero-order chi connectivity index (χ0) is 12.3. The summed E-state index contributed by atoms with van der Waals surface area (Å²) in [6.07, 6.45) is 1.80. The minimum Gasteiger partial charge on any atom is -0.493 e. The fourth-order valence-electron chi connectivity index (χ4n) is 2.92. The van der Waals surface area contributed by atoms with E-state index in [1.165, 1.54) is 10.9 Å². The second-order valence-corrected chi connectivity index (χ2v) is 5.52. The lowest BCUT2D eigenvalue weighted by molar-refractivity contribution is 0.0942. The maximum absolute atomic E-state index is 11.9. The van der Waals surface area contributed by atoms with Gasteiger partial charge in [0, 0.05) is 28.4 Å². The molecule has 0 aliphatic carbocycles. The van der Waals surface area contributed by atoms with E-state index < -0.39 is 0 Å². The molecule has 2 aromatic rings. The molecule has 0 saturated carbocycles. The number of hydrogen-bond donors (Lipinski definition) is 2. The standard InChI is InChI=1S/C13H11BrN2O2/c14-8-5-9-6(2-4-18-9)10-7-1-3-15-13(17)11(7)16-12(8)10/h5,16H,1-4H2,(H,15,17). The van der Waals surface area contributed by atoms with E-state index in [4.69, 9.17) is 4.74 Å². The minimum atomic E-state index is -0.00739. The normalized spacial score (nSPS) is 17.3. The largest absolute Gasteiger partial charge is 0.493 e. The van der Waals surface area contributed by atoms with Crippen molar-refractivity contribution in [3.05, 3.63) is 27.4 Å². The Hall–Kier alpha value is -1.49. The molecule has 4 nitrogen and oxygen atoms in total. The summed E-state index contributed by atoms with van der Waals surface area (Å²) in [7, 11) is 0. The van der Waals surface area contributed by atoms with E-state index in [0.29, 0.717) is 12.2 Å². The average molecular weight is 307 g/mol. The van der Waals surface area contributed by atoms with Crippen LogP contribution in [-0.2, 0) is 12.8 Å². The first-order chi connectivity index (χ1) is 8.75. The highest BCUT2D eigenvalue weighted by molar-refractivity contribution is 9.10. The minimum absolute atomic E-state index is 0.00739. The van der Waals surface area contributed by atoms with Crippen molar-refractivity contribution in [3.63, 3.8) is 0 Å². The van der Waals surface area contributed by atoms with Gasteiger partial charge < -0.3 is 15.0 Å². The third-order valence-electron chi connectivity index (χ3n) is 3.70. The second-order valence-electron chi connectivity index (χ2n) is 4.67. The Morgan fingerprint density at radius 3 is 3.06 bits per heavy atom. The van der Waals surface area contributed by atoms with Crippen molar-refractivity contribution in [3.8, 4) is 5.75 Å². The molecule has 0 radical (unpaired) electrons. The summed E-state index contributed by atoms with van der Waals surface area (Å²) in [5.41, 5.74) is 4.09. The number of aromatic nitrogens is 1. The molecule has 5 heteroatoms. The van der Waals surface area contributed by atoms with Crippen LogP contribution in [0.1, 0.15) is 21.6 Å². The average Bonchev–Trinajstić information content (AvgIpc) is 2.93. The van der Waals surface area contributed by atoms with Crippen LogP contribution in [0.5, 0.6) is 5.75 Å². The van der Waals surface area contributed by atoms with Crippen LogP contribution in [0, 0.1) is 0 Å². The van der Waals surface area contributed by atoms with E-state index in [0.717, 1.165) is 40.8 Å². The second kappa shape index (κ2) is 3.51. The van der Waals surface area contributed by atoms with Crippen LogP contribution in [0.4, 0.5) is 0 Å². The fourth-order valence-corrected chi connectivity index (χ4v) is 3.43. The highest BCUT2D eigenvalue weighted by Gasteiger charge is 2.27. The molecule has 1 aromatic heterocycles. The first-order valence-corrected chi connectivity index (χ1v) is 6.82. The monoisotopic (exact) mass is 306 g/mol. The highest BCUT2D eigenvalue weighted by Crippen LogP contribution is 2.40. The van der Waals surface area contributed by atoms with Crippen LogP contribution >= 0.6 is 15.9 Å². The predicted molar refractivity (Wildman–Crippen MR) is 71.2 cm³/mol. The Balaban J connectivity index is 2.15. The quantitative estimate of drug-likeness (QED) is 0.783. The van der Waals surface area contributed by atoms with E-state index >= 15 is 0 Å². The molecular formula is C13H11BrN2O2. The number of ether oxygens (including phenoxy) is 1. The summed E-state index contributed by atoms with van der Waals surface area (Å²) >= 11 is 3.55. The molecule has 3 heterocycles. The van der Waals surface area contributed by atoms with Gasteiger partial charge in [0.25, 0.3) is 5.91 Å². The van der Waals surface area contributed by atoms with Gasteiger partial charge in [-0.2, -0.15) is 0 Å². The molecule has 2 N–H and O–H groups in total. The summed E-state index contributed by atoms with van der Waals surface area (Å²) < 4.78 is 6.59. The number of benzene rings is 1. The van der Waals surface area contributed by atoms with Crippen LogP contribution in [0.15, 0.2) is 10.5 Å². The fraction of sp³-hybridized carbons (Fsp3) is 0.308. The van der Waals surface area contributed by atoms with E-state index in [-0.39, 0.29) is 5.91 Å². The van der Waals surface area contributed by atoms with Crippen LogP contribution in [0.3, 0.4) is 0 Å². The van der Waals surface area contributed by atoms with Gasteiger partial charge in [-0.3, -0.25) is 4.79 Å². The van der Waals surface area contributed by atoms with Gasteiger partial charge in [-0.1, -0.05) is 0 Å². The number of nitrogens with one attached hydrogen (secondary N) is 2. The third kappa shape index (κ3) is 1.22. The van der Waals surface area contributed by atoms with Crippen LogP contribution < -0.4 is 10.1 Å². The number of halogens is 1. The molecular weight excluding hydrogens is 296 g/mol. The maximum Gasteiger partial charge on any atom is 0.268 e. The molecule has 0 fully saturated rings. The molecule has 4 rings (SSSR count). The van der Waals surface area contributed by atoms with Gasteiger partial charge in [-0.25, -0.2) is 0 Å². The number of amides is 1. The molecule has 1 aromatic carbocycles. The van der Waals surface area contributed by atoms with Crippen molar-refractivity contribution in [1.82, 2.24) is 10.3 Å². The first kappa shape index (κ1) is 10.4. The summed E-state index contributed by atoms with van der Waals surface area (Å²) in [6.45, 7) is 1.44. The van der Waals surface area contributed by atoms with E-state index in [1.807, 2.05) is 6.07 Å². The number of fused-ring (bicyclic) bond motifs is 5. The van der Waals surface area contributed by atoms with E-state index in [1.54, 1.807) is 0 Å². The topological polar surface area (TPSA) is 54.1 Å². The zero-order valence-corrected chi connectivity index (χ0v) is 11.2. The predicted octanol–water partition coefficient (Wildman–Crippen LogP) is 2.15. The number of rotatable bonds is 0. The third-order valence-corrected chi connectivity index (χ3v) is 4.32. The molecule has 92 valence electrons. The Morgan fingerprint density at radius 1 is 1.28 bits per heavy atom. The zero-order valence-electron chi connectivity index (χ0n) is 9.60. The molecule has 0 unspecified atom stereocenters. The van der Waals surface area contributed by atoms with Crippen LogP contribution in [0.2, 0.25) is 0 Å². The van der Waals surface area contributed by atoms with E-state index in [2.05, 4.69) is 26.2 Å². The highest BCUT2D eigenvalue weighted by atomic mass is 79.9. The molecule has 0 atom stereocenters. The molecule has 0 saturated heterocycles. The summed E-state index contributed by atoms with van der Waals surface area (Å²) in [6, 6.07) is 1.99. The molecule has 18 heavy (non-hydrogen) atoms. The Morgan fingerprint density at radius 2 is 2.17 bits per heavy atom. The van der Waals surface area contributed by atoms with Crippen LogP contribution in [0.25, 0.3) is 10.9 Å². The number of carbonyl (C=O) groups excluding carboxylic acids is 1. The summed E-state index contributed by atoms with van der Waals surface area (Å²) in [5.74, 6) is 0.939. The summed E-state index contributed by atoms with van der Waals surface area (Å²) in [4.78, 5) is 15.1. The molecule has 0 spiro atoms. The van der Waals surface area contributed by atoms with Crippen LogP contribution in [-0.4, -0.2) is 24.0 Å². The van der Waals surface area contributed by atoms with Crippen molar-refractivity contribution in [2.45, 2.75) is 12.8 Å². The Labute approximate surface area is 112 Å². The van der Waals surface area contributed by atoms with Gasteiger partial charge in [0.2, 0.25) is 0 Å². The molecule has 2 aliphatic rings. The maximum atomic E-state index is 11.9. The van der Waals surface area contributed by atoms with Gasteiger partial charge in [-0.05, 0) is 34.0 Å². The number of aromatic amines is 1. The number of hydrogen-bond acceptors (Lipinski definition) is 2. The van der Waals surface area contributed by atoms with Crippen molar-refractivity contribution < 1.29 is 9.53 Å². The Kier molecular flexibility index (Phi) is 2.03. The lowest BCUT2D eigenvalue weighted by atomic mass is 9.99. The van der Waals surface area contributed by atoms with Gasteiger partial charge >= 0.3 is 0 Å². The van der Waals surface area contributed by atoms with Crippen molar-refractivity contribution in [2.75, 3.05) is 13.2 Å². The Bertz CT molecular complexity index is 690. The SMILES string of the molecule is O=C1NCCc2c1[nH]c1c(Br)cc3c(c21)CCO3. The molecule has 1 amide bonds. The van der Waals surface area contributed by atoms with Gasteiger partial charge in [0.15, 0.2) is 0 Å². The smallest absolute Gasteiger partial charge is 0.268 e. The van der Waals surface area contributed by atoms with Crippen molar-refractivity contribution >= 4 is 32.7 Å². The number of H-pyrrole nitrogens is 1. The van der Waals surface area contributed by atoms with Gasteiger partial charge in [-0.15, -0.1) is 0 Å². The molecule has 0 bridgehead atoms. The van der Waals surface area contributed by atoms with Gasteiger partial charge in [0.1, 0.15) is 11.4 Å². The van der Waals surface area contributed by atoms with Gasteiger partial charge in [0.05, 0.1) is 12.1 Å². The summed E-state index contributed by atoms with van der Waals surface area (Å²) in [5, 5.41) is 4.05. The first-order valence-electron chi connectivity index (χ1n) is 6.02. The lowest BCUT2D eigenvalue weighted by Crippen LogP contribution is -2.31. The lowest BCUT2D eigenvalue weighted by Gasteiger charge is -2.12. The van der Waals surface area contributed by atoms with Crippen molar-refractivity contribution in [1.29, 1.82) is 0 Å².